The maximum Gasteiger partial charge on any atom is 0.247 e. The first-order valence-corrected chi connectivity index (χ1v) is 3.58. The number of rotatable bonds is 2. The van der Waals surface area contributed by atoms with Crippen LogP contribution in [-0.4, -0.2) is 22.0 Å². The van der Waals surface area contributed by atoms with Gasteiger partial charge in [0.1, 0.15) is 0 Å². The minimum atomic E-state index is -0.595. The highest BCUT2D eigenvalue weighted by atomic mass is 16.2. The van der Waals surface area contributed by atoms with E-state index in [1.54, 1.807) is 0 Å². The highest BCUT2D eigenvalue weighted by Gasteiger charge is 1.92. The average Bonchev–Trinajstić information content (AvgIpc) is 2.15. The summed E-state index contributed by atoms with van der Waals surface area (Å²) in [6, 6.07) is 0. The number of aliphatic hydroxyl groups excluding tert-OH is 2. The van der Waals surface area contributed by atoms with Gasteiger partial charge in [-0.15, -0.1) is 0 Å². The predicted molar refractivity (Wildman–Crippen MR) is 51.2 cm³/mol. The Morgan fingerprint density at radius 2 is 1.14 bits per heavy atom. The van der Waals surface area contributed by atoms with Gasteiger partial charge in [-0.1, -0.05) is 0 Å². The summed E-state index contributed by atoms with van der Waals surface area (Å²) < 4.78 is 0. The second-order valence-electron chi connectivity index (χ2n) is 2.35. The van der Waals surface area contributed by atoms with E-state index in [1.807, 2.05) is 0 Å². The molecule has 0 saturated heterocycles. The lowest BCUT2D eigenvalue weighted by atomic mass is 10.3. The normalized spacial score (nSPS) is 11.3. The molecule has 0 heterocycles. The predicted octanol–water partition coefficient (Wildman–Crippen LogP) is -0.133. The average molecular weight is 202 g/mol. The third-order valence-corrected chi connectivity index (χ3v) is 1.16. The molecule has 0 aliphatic carbocycles. The van der Waals surface area contributed by atoms with E-state index in [9.17, 15) is 9.59 Å². The Morgan fingerprint density at radius 3 is 1.14 bits per heavy atom. The molecule has 0 unspecified atom stereocenters. The maximum atomic E-state index is 9.92. The third kappa shape index (κ3) is 8.12. The van der Waals surface area contributed by atoms with Crippen molar-refractivity contribution < 1.29 is 19.8 Å². The van der Waals surface area contributed by atoms with Gasteiger partial charge in [0.25, 0.3) is 0 Å². The lowest BCUT2D eigenvalue weighted by molar-refractivity contribution is -0.115. The van der Waals surface area contributed by atoms with Gasteiger partial charge in [-0.3, -0.25) is 9.59 Å². The summed E-state index contributed by atoms with van der Waals surface area (Å²) >= 11 is 0. The van der Waals surface area contributed by atoms with E-state index >= 15 is 0 Å². The highest BCUT2D eigenvalue weighted by molar-refractivity contribution is 5.91. The van der Waals surface area contributed by atoms with Gasteiger partial charge >= 0.3 is 0 Å². The van der Waals surface area contributed by atoms with Crippen LogP contribution in [0.1, 0.15) is 13.8 Å². The molecular weight excluding hydrogens is 188 g/mol. The lowest BCUT2D eigenvalue weighted by Gasteiger charge is -1.84. The molecular formula is C8H14N2O4. The van der Waals surface area contributed by atoms with E-state index in [1.165, 1.54) is 13.8 Å². The number of hydrogen-bond acceptors (Lipinski definition) is 4. The molecule has 0 aromatic heterocycles. The minimum Gasteiger partial charge on any atom is -0.515 e. The van der Waals surface area contributed by atoms with E-state index in [0.29, 0.717) is 12.5 Å². The van der Waals surface area contributed by atoms with E-state index in [4.69, 9.17) is 10.2 Å². The first-order chi connectivity index (χ1) is 6.36. The molecule has 0 aromatic carbocycles. The third-order valence-electron chi connectivity index (χ3n) is 1.16. The number of amides is 2. The Kier molecular flexibility index (Phi) is 7.95. The van der Waals surface area contributed by atoms with Gasteiger partial charge in [0.05, 0.1) is 12.5 Å². The molecule has 0 fully saturated rings. The second-order valence-corrected chi connectivity index (χ2v) is 2.35. The molecule has 2 amide bonds. The molecule has 14 heavy (non-hydrogen) atoms. The van der Waals surface area contributed by atoms with Gasteiger partial charge in [0.15, 0.2) is 0 Å². The van der Waals surface area contributed by atoms with Crippen LogP contribution >= 0.6 is 0 Å². The van der Waals surface area contributed by atoms with Crippen molar-refractivity contribution in [3.05, 3.63) is 23.7 Å². The Balaban J connectivity index is 0. The number of nitrogens with two attached hydrogens (primary N) is 2. The zero-order valence-electron chi connectivity index (χ0n) is 8.02. The van der Waals surface area contributed by atoms with Crippen molar-refractivity contribution in [3.63, 3.8) is 0 Å². The smallest absolute Gasteiger partial charge is 0.247 e. The molecule has 0 rings (SSSR count). The summed E-state index contributed by atoms with van der Waals surface area (Å²) in [5.74, 6) is -1.19. The second kappa shape index (κ2) is 7.66. The van der Waals surface area contributed by atoms with Crippen LogP contribution in [0.3, 0.4) is 0 Å². The molecule has 0 aliphatic rings. The zero-order chi connectivity index (χ0) is 11.7. The topological polar surface area (TPSA) is 127 Å². The van der Waals surface area contributed by atoms with Crippen molar-refractivity contribution in [3.8, 4) is 0 Å². The molecule has 6 nitrogen and oxygen atoms in total. The summed E-state index contributed by atoms with van der Waals surface area (Å²) in [5, 5.41) is 16.1. The van der Waals surface area contributed by atoms with Crippen LogP contribution in [0.25, 0.3) is 0 Å². The summed E-state index contributed by atoms with van der Waals surface area (Å²) in [5.41, 5.74) is 9.69. The van der Waals surface area contributed by atoms with Crippen molar-refractivity contribution in [2.45, 2.75) is 13.8 Å². The first kappa shape index (κ1) is 14.5. The molecule has 6 N–H and O–H groups in total. The SMILES string of the molecule is CC(=CO)C(N)=O.CC(=CO)C(N)=O. The van der Waals surface area contributed by atoms with E-state index in [2.05, 4.69) is 11.5 Å². The first-order valence-electron chi connectivity index (χ1n) is 3.58. The van der Waals surface area contributed by atoms with Gasteiger partial charge in [-0.05, 0) is 13.8 Å². The fourth-order valence-electron chi connectivity index (χ4n) is 0.127. The van der Waals surface area contributed by atoms with Crippen LogP contribution in [0.15, 0.2) is 23.7 Å². The van der Waals surface area contributed by atoms with Gasteiger partial charge < -0.3 is 21.7 Å². The number of aliphatic hydroxyl groups is 2. The molecule has 6 heteroatoms. The Labute approximate surface area is 81.5 Å². The molecule has 80 valence electrons. The number of primary amides is 2. The molecule has 0 saturated carbocycles. The Morgan fingerprint density at radius 1 is 0.929 bits per heavy atom. The van der Waals surface area contributed by atoms with Crippen LogP contribution in [0.5, 0.6) is 0 Å². The summed E-state index contributed by atoms with van der Waals surface area (Å²) in [4.78, 5) is 19.8. The van der Waals surface area contributed by atoms with Crippen molar-refractivity contribution >= 4 is 11.8 Å². The van der Waals surface area contributed by atoms with Crippen molar-refractivity contribution in [2.24, 2.45) is 11.5 Å². The van der Waals surface area contributed by atoms with Crippen LogP contribution in [0.2, 0.25) is 0 Å². The van der Waals surface area contributed by atoms with Gasteiger partial charge in [-0.2, -0.15) is 0 Å². The summed E-state index contributed by atoms with van der Waals surface area (Å²) in [6.07, 6.45) is 1.37. The Bertz CT molecular complexity index is 241. The monoisotopic (exact) mass is 202 g/mol. The van der Waals surface area contributed by atoms with E-state index in [-0.39, 0.29) is 11.1 Å². The molecule has 0 atom stereocenters. The number of carbonyl (C=O) groups is 2. The number of hydrogen-bond donors (Lipinski definition) is 4. The van der Waals surface area contributed by atoms with E-state index < -0.39 is 11.8 Å². The minimum absolute atomic E-state index is 0.167. The fourth-order valence-corrected chi connectivity index (χ4v) is 0.127. The van der Waals surface area contributed by atoms with Gasteiger partial charge in [0.2, 0.25) is 11.8 Å². The Hall–Kier alpha value is -1.98. The zero-order valence-corrected chi connectivity index (χ0v) is 8.02. The maximum absolute atomic E-state index is 9.92. The molecule has 0 bridgehead atoms. The van der Waals surface area contributed by atoms with Crippen molar-refractivity contribution in [1.29, 1.82) is 0 Å². The van der Waals surface area contributed by atoms with E-state index in [0.717, 1.165) is 0 Å². The molecule has 0 spiro atoms. The van der Waals surface area contributed by atoms with Crippen LogP contribution in [-0.2, 0) is 9.59 Å². The lowest BCUT2D eigenvalue weighted by Crippen LogP contribution is -2.11. The standard InChI is InChI=1S/2C4H7NO2/c2*1-3(2-6)4(5)7/h2*2,6H,1H3,(H2,5,7). The molecule has 0 aromatic rings. The van der Waals surface area contributed by atoms with Crippen molar-refractivity contribution in [1.82, 2.24) is 0 Å². The van der Waals surface area contributed by atoms with Crippen LogP contribution in [0, 0.1) is 0 Å². The molecule has 0 aliphatic heterocycles. The number of carbonyl (C=O) groups excluding carboxylic acids is 2. The van der Waals surface area contributed by atoms with Crippen molar-refractivity contribution in [2.75, 3.05) is 0 Å². The van der Waals surface area contributed by atoms with Crippen LogP contribution in [0.4, 0.5) is 0 Å². The quantitative estimate of drug-likeness (QED) is 0.367. The van der Waals surface area contributed by atoms with Gasteiger partial charge in [-0.25, -0.2) is 0 Å². The highest BCUT2D eigenvalue weighted by Crippen LogP contribution is 1.84. The van der Waals surface area contributed by atoms with Gasteiger partial charge in [0, 0.05) is 11.1 Å². The summed E-state index contributed by atoms with van der Waals surface area (Å²) in [7, 11) is 0. The van der Waals surface area contributed by atoms with Crippen LogP contribution < -0.4 is 11.5 Å². The fraction of sp³-hybridized carbons (Fsp3) is 0.250. The largest absolute Gasteiger partial charge is 0.515 e. The summed E-state index contributed by atoms with van der Waals surface area (Å²) in [6.45, 7) is 2.87. The molecule has 0 radical (unpaired) electrons.